The predicted molar refractivity (Wildman–Crippen MR) is 89.1 cm³/mol. The summed E-state index contributed by atoms with van der Waals surface area (Å²) < 4.78 is 11.0. The summed E-state index contributed by atoms with van der Waals surface area (Å²) in [4.78, 5) is 2.40. The van der Waals surface area contributed by atoms with Gasteiger partial charge in [0.25, 0.3) is 0 Å². The highest BCUT2D eigenvalue weighted by Gasteiger charge is 2.20. The minimum Gasteiger partial charge on any atom is -0.496 e. The first-order chi connectivity index (χ1) is 10.8. The second-order valence-corrected chi connectivity index (χ2v) is 5.20. The van der Waals surface area contributed by atoms with E-state index in [2.05, 4.69) is 30.1 Å². The van der Waals surface area contributed by atoms with Gasteiger partial charge in [-0.15, -0.1) is 0 Å². The first kappa shape index (κ1) is 16.6. The molecule has 0 aliphatic heterocycles. The van der Waals surface area contributed by atoms with E-state index in [1.165, 1.54) is 5.56 Å². The molecule has 1 N–H and O–H groups in total. The molecule has 22 heavy (non-hydrogen) atoms. The average Bonchev–Trinajstić information content (AvgIpc) is 3.09. The van der Waals surface area contributed by atoms with Crippen LogP contribution < -0.4 is 10.1 Å². The number of ether oxygens (including phenoxy) is 1. The molecular weight excluding hydrogens is 276 g/mol. The van der Waals surface area contributed by atoms with E-state index in [1.807, 2.05) is 30.3 Å². The van der Waals surface area contributed by atoms with Gasteiger partial charge in [-0.1, -0.05) is 32.0 Å². The van der Waals surface area contributed by atoms with Gasteiger partial charge >= 0.3 is 0 Å². The largest absolute Gasteiger partial charge is 0.496 e. The second kappa shape index (κ2) is 8.61. The van der Waals surface area contributed by atoms with Gasteiger partial charge < -0.3 is 14.5 Å². The highest BCUT2D eigenvalue weighted by Crippen LogP contribution is 2.21. The number of methoxy groups -OCH3 is 1. The molecule has 1 aromatic heterocycles. The number of hydrogen-bond donors (Lipinski definition) is 1. The Hall–Kier alpha value is -1.78. The summed E-state index contributed by atoms with van der Waals surface area (Å²) >= 11 is 0. The molecule has 0 bridgehead atoms. The van der Waals surface area contributed by atoms with Crippen molar-refractivity contribution in [3.8, 4) is 5.75 Å². The van der Waals surface area contributed by atoms with Crippen molar-refractivity contribution in [2.45, 2.75) is 26.4 Å². The molecule has 0 spiro atoms. The summed E-state index contributed by atoms with van der Waals surface area (Å²) in [6, 6.07) is 12.4. The molecule has 2 aromatic rings. The Morgan fingerprint density at radius 2 is 1.91 bits per heavy atom. The molecule has 1 atom stereocenters. The van der Waals surface area contributed by atoms with Crippen LogP contribution in [0.3, 0.4) is 0 Å². The summed E-state index contributed by atoms with van der Waals surface area (Å²) in [5, 5.41) is 3.53. The lowest BCUT2D eigenvalue weighted by atomic mass is 10.1. The number of para-hydroxylation sites is 1. The maximum atomic E-state index is 5.62. The molecule has 0 amide bonds. The zero-order valence-corrected chi connectivity index (χ0v) is 13.7. The molecule has 4 nitrogen and oxygen atoms in total. The van der Waals surface area contributed by atoms with Gasteiger partial charge in [-0.2, -0.15) is 0 Å². The quantitative estimate of drug-likeness (QED) is 0.770. The van der Waals surface area contributed by atoms with Crippen LogP contribution in [0.2, 0.25) is 0 Å². The van der Waals surface area contributed by atoms with Gasteiger partial charge in [-0.05, 0) is 31.3 Å². The number of rotatable bonds is 9. The summed E-state index contributed by atoms with van der Waals surface area (Å²) in [7, 11) is 1.71. The number of likely N-dealkylation sites (N-methyl/N-ethyl adjacent to an activating group) is 1. The molecule has 4 heteroatoms. The Labute approximate surface area is 133 Å². The fourth-order valence-electron chi connectivity index (χ4n) is 2.75. The highest BCUT2D eigenvalue weighted by atomic mass is 16.5. The Morgan fingerprint density at radius 3 is 2.55 bits per heavy atom. The normalized spacial score (nSPS) is 12.5. The highest BCUT2D eigenvalue weighted by molar-refractivity contribution is 5.33. The molecule has 1 aromatic carbocycles. The fourth-order valence-corrected chi connectivity index (χ4v) is 2.75. The second-order valence-electron chi connectivity index (χ2n) is 5.20. The zero-order chi connectivity index (χ0) is 15.8. The molecule has 1 unspecified atom stereocenters. The van der Waals surface area contributed by atoms with E-state index in [9.17, 15) is 0 Å². The van der Waals surface area contributed by atoms with Crippen LogP contribution in [0.1, 0.15) is 31.2 Å². The summed E-state index contributed by atoms with van der Waals surface area (Å²) in [5.74, 6) is 1.93. The van der Waals surface area contributed by atoms with Gasteiger partial charge in [0.15, 0.2) is 0 Å². The Kier molecular flexibility index (Phi) is 6.49. The Bertz CT molecular complexity index is 536. The maximum Gasteiger partial charge on any atom is 0.123 e. The Morgan fingerprint density at radius 1 is 1.14 bits per heavy atom. The van der Waals surface area contributed by atoms with Crippen molar-refractivity contribution < 1.29 is 9.15 Å². The van der Waals surface area contributed by atoms with Crippen LogP contribution in [-0.4, -0.2) is 31.6 Å². The van der Waals surface area contributed by atoms with E-state index in [0.717, 1.165) is 37.7 Å². The fraction of sp³-hybridized carbons (Fsp3) is 0.444. The van der Waals surface area contributed by atoms with E-state index < -0.39 is 0 Å². The van der Waals surface area contributed by atoms with Crippen LogP contribution in [-0.2, 0) is 6.54 Å². The van der Waals surface area contributed by atoms with Crippen molar-refractivity contribution in [3.05, 3.63) is 54.0 Å². The first-order valence-electron chi connectivity index (χ1n) is 7.90. The van der Waals surface area contributed by atoms with Gasteiger partial charge in [0.05, 0.1) is 19.4 Å². The van der Waals surface area contributed by atoms with Crippen molar-refractivity contribution in [1.29, 1.82) is 0 Å². The lowest BCUT2D eigenvalue weighted by Gasteiger charge is -2.28. The summed E-state index contributed by atoms with van der Waals surface area (Å²) in [6.45, 7) is 7.98. The smallest absolute Gasteiger partial charge is 0.123 e. The van der Waals surface area contributed by atoms with E-state index in [-0.39, 0.29) is 6.04 Å². The van der Waals surface area contributed by atoms with Gasteiger partial charge in [-0.25, -0.2) is 0 Å². The Balaban J connectivity index is 1.99. The molecular formula is C18H26N2O2. The number of benzene rings is 1. The lowest BCUT2D eigenvalue weighted by Crippen LogP contribution is -2.35. The van der Waals surface area contributed by atoms with Gasteiger partial charge in [-0.3, -0.25) is 4.90 Å². The molecule has 0 saturated heterocycles. The molecule has 120 valence electrons. The van der Waals surface area contributed by atoms with Crippen LogP contribution in [0.5, 0.6) is 5.75 Å². The van der Waals surface area contributed by atoms with E-state index in [1.54, 1.807) is 13.4 Å². The van der Waals surface area contributed by atoms with Crippen LogP contribution in [0, 0.1) is 0 Å². The third-order valence-electron chi connectivity index (χ3n) is 3.97. The van der Waals surface area contributed by atoms with Crippen molar-refractivity contribution in [1.82, 2.24) is 10.2 Å². The third-order valence-corrected chi connectivity index (χ3v) is 3.97. The number of hydrogen-bond acceptors (Lipinski definition) is 4. The van der Waals surface area contributed by atoms with Crippen LogP contribution in [0.4, 0.5) is 0 Å². The minimum absolute atomic E-state index is 0.250. The van der Waals surface area contributed by atoms with E-state index in [0.29, 0.717) is 0 Å². The molecule has 0 aliphatic carbocycles. The number of nitrogens with one attached hydrogen (secondary N) is 1. The van der Waals surface area contributed by atoms with Gasteiger partial charge in [0.2, 0.25) is 0 Å². The minimum atomic E-state index is 0.250. The van der Waals surface area contributed by atoms with Crippen molar-refractivity contribution >= 4 is 0 Å². The molecule has 0 aliphatic rings. The SMILES string of the molecule is CCN(CC)C(CNCc1ccccc1OC)c1ccco1. The van der Waals surface area contributed by atoms with E-state index in [4.69, 9.17) is 9.15 Å². The molecule has 2 rings (SSSR count). The standard InChI is InChI=1S/C18H26N2O2/c1-4-20(5-2)16(18-11-8-12-22-18)14-19-13-15-9-6-7-10-17(15)21-3/h6-12,16,19H,4-5,13-14H2,1-3H3. The monoisotopic (exact) mass is 302 g/mol. The van der Waals surface area contributed by atoms with E-state index >= 15 is 0 Å². The molecule has 1 heterocycles. The van der Waals surface area contributed by atoms with Crippen LogP contribution in [0.15, 0.2) is 47.1 Å². The first-order valence-corrected chi connectivity index (χ1v) is 7.90. The van der Waals surface area contributed by atoms with Gasteiger partial charge in [0, 0.05) is 18.7 Å². The average molecular weight is 302 g/mol. The maximum absolute atomic E-state index is 5.62. The van der Waals surface area contributed by atoms with Crippen LogP contribution in [0.25, 0.3) is 0 Å². The predicted octanol–water partition coefficient (Wildman–Crippen LogP) is 3.46. The molecule has 0 radical (unpaired) electrons. The van der Waals surface area contributed by atoms with Crippen molar-refractivity contribution in [2.24, 2.45) is 0 Å². The van der Waals surface area contributed by atoms with Gasteiger partial charge in [0.1, 0.15) is 11.5 Å². The molecule has 0 fully saturated rings. The zero-order valence-electron chi connectivity index (χ0n) is 13.7. The third kappa shape index (κ3) is 4.12. The summed E-state index contributed by atoms with van der Waals surface area (Å²) in [5.41, 5.74) is 1.17. The van der Waals surface area contributed by atoms with Crippen molar-refractivity contribution in [3.63, 3.8) is 0 Å². The summed E-state index contributed by atoms with van der Waals surface area (Å²) in [6.07, 6.45) is 1.74. The number of furan rings is 1. The number of nitrogens with zero attached hydrogens (tertiary/aromatic N) is 1. The topological polar surface area (TPSA) is 37.6 Å². The van der Waals surface area contributed by atoms with Crippen molar-refractivity contribution in [2.75, 3.05) is 26.7 Å². The lowest BCUT2D eigenvalue weighted by molar-refractivity contribution is 0.188. The van der Waals surface area contributed by atoms with Crippen LogP contribution >= 0.6 is 0 Å². The molecule has 0 saturated carbocycles.